The molecule has 3 aromatic rings. The molecular formula is C24H30N4O3S3. The zero-order valence-electron chi connectivity index (χ0n) is 20.0. The number of nitrogens with one attached hydrogen (secondary N) is 1. The smallest absolute Gasteiger partial charge is 0.341 e. The fourth-order valence-electron chi connectivity index (χ4n) is 4.13. The number of rotatable bonds is 9. The van der Waals surface area contributed by atoms with Crippen molar-refractivity contribution in [2.24, 2.45) is 5.92 Å². The number of thioether (sulfide) groups is 1. The maximum atomic E-state index is 12.9. The highest BCUT2D eigenvalue weighted by atomic mass is 32.2. The molecule has 0 saturated carbocycles. The highest BCUT2D eigenvalue weighted by molar-refractivity contribution is 7.99. The molecule has 34 heavy (non-hydrogen) atoms. The number of anilines is 1. The van der Waals surface area contributed by atoms with Crippen molar-refractivity contribution >= 4 is 51.3 Å². The van der Waals surface area contributed by atoms with E-state index in [1.807, 2.05) is 11.5 Å². The van der Waals surface area contributed by atoms with Crippen LogP contribution in [-0.2, 0) is 35.3 Å². The molecule has 10 heteroatoms. The van der Waals surface area contributed by atoms with E-state index in [9.17, 15) is 9.59 Å². The molecule has 1 N–H and O–H groups in total. The lowest BCUT2D eigenvalue weighted by molar-refractivity contribution is -0.113. The summed E-state index contributed by atoms with van der Waals surface area (Å²) in [7, 11) is 0. The topological polar surface area (TPSA) is 86.1 Å². The van der Waals surface area contributed by atoms with Gasteiger partial charge in [0.15, 0.2) is 11.0 Å². The first kappa shape index (κ1) is 24.9. The van der Waals surface area contributed by atoms with Crippen LogP contribution >= 0.6 is 34.4 Å². The van der Waals surface area contributed by atoms with Gasteiger partial charge in [0.05, 0.1) is 17.9 Å². The summed E-state index contributed by atoms with van der Waals surface area (Å²) in [6.07, 6.45) is 3.81. The molecular weight excluding hydrogens is 488 g/mol. The molecule has 0 radical (unpaired) electrons. The zero-order valence-corrected chi connectivity index (χ0v) is 22.4. The van der Waals surface area contributed by atoms with E-state index in [-0.39, 0.29) is 17.6 Å². The molecule has 1 amide bonds. The van der Waals surface area contributed by atoms with Crippen LogP contribution < -0.4 is 5.32 Å². The summed E-state index contributed by atoms with van der Waals surface area (Å²) in [4.78, 5) is 28.1. The summed E-state index contributed by atoms with van der Waals surface area (Å²) in [6.45, 7) is 9.23. The minimum Gasteiger partial charge on any atom is -0.462 e. The van der Waals surface area contributed by atoms with Crippen LogP contribution in [0, 0.1) is 5.92 Å². The fraction of sp³-hybridized carbons (Fsp3) is 0.500. The van der Waals surface area contributed by atoms with E-state index in [0.29, 0.717) is 34.8 Å². The average Bonchev–Trinajstić information content (AvgIpc) is 3.53. The largest absolute Gasteiger partial charge is 0.462 e. The Labute approximate surface area is 212 Å². The predicted molar refractivity (Wildman–Crippen MR) is 139 cm³/mol. The van der Waals surface area contributed by atoms with Crippen molar-refractivity contribution in [2.45, 2.75) is 65.1 Å². The summed E-state index contributed by atoms with van der Waals surface area (Å²) in [5.41, 5.74) is 2.64. The third-order valence-electron chi connectivity index (χ3n) is 5.87. The van der Waals surface area contributed by atoms with Gasteiger partial charge >= 0.3 is 5.97 Å². The summed E-state index contributed by atoms with van der Waals surface area (Å²) < 4.78 is 7.34. The van der Waals surface area contributed by atoms with E-state index in [2.05, 4.69) is 40.8 Å². The van der Waals surface area contributed by atoms with Crippen LogP contribution in [0.2, 0.25) is 0 Å². The van der Waals surface area contributed by atoms with Gasteiger partial charge in [-0.1, -0.05) is 25.6 Å². The first-order valence-electron chi connectivity index (χ1n) is 11.7. The van der Waals surface area contributed by atoms with Crippen molar-refractivity contribution in [3.05, 3.63) is 32.3 Å². The minimum absolute atomic E-state index is 0.168. The highest BCUT2D eigenvalue weighted by Crippen LogP contribution is 2.40. The fourth-order valence-corrected chi connectivity index (χ4v) is 7.16. The van der Waals surface area contributed by atoms with Crippen LogP contribution in [0.4, 0.5) is 5.00 Å². The third-order valence-corrected chi connectivity index (χ3v) is 9.09. The van der Waals surface area contributed by atoms with Crippen molar-refractivity contribution in [3.8, 4) is 11.4 Å². The van der Waals surface area contributed by atoms with Crippen LogP contribution in [0.25, 0.3) is 11.4 Å². The highest BCUT2D eigenvalue weighted by Gasteiger charge is 2.29. The van der Waals surface area contributed by atoms with E-state index in [4.69, 9.17) is 4.74 Å². The van der Waals surface area contributed by atoms with Gasteiger partial charge in [0.1, 0.15) is 5.00 Å². The molecule has 0 bridgehead atoms. The Kier molecular flexibility index (Phi) is 8.10. The van der Waals surface area contributed by atoms with Crippen LogP contribution in [-0.4, -0.2) is 39.0 Å². The number of carbonyl (C=O) groups excluding carboxylic acids is 2. The second-order valence-corrected chi connectivity index (χ2v) is 11.4. The molecule has 0 spiro atoms. The molecule has 3 heterocycles. The maximum Gasteiger partial charge on any atom is 0.341 e. The monoisotopic (exact) mass is 518 g/mol. The van der Waals surface area contributed by atoms with Gasteiger partial charge in [0.25, 0.3) is 0 Å². The Balaban J connectivity index is 1.48. The molecule has 1 unspecified atom stereocenters. The minimum atomic E-state index is -0.352. The van der Waals surface area contributed by atoms with Gasteiger partial charge in [-0.25, -0.2) is 4.79 Å². The molecule has 1 aliphatic carbocycles. The van der Waals surface area contributed by atoms with Crippen molar-refractivity contribution in [1.29, 1.82) is 0 Å². The van der Waals surface area contributed by atoms with Crippen molar-refractivity contribution in [2.75, 3.05) is 17.7 Å². The lowest BCUT2D eigenvalue weighted by atomic mass is 9.88. The molecule has 1 atom stereocenters. The summed E-state index contributed by atoms with van der Waals surface area (Å²) in [5, 5.41) is 15.1. The lowest BCUT2D eigenvalue weighted by Gasteiger charge is -2.18. The lowest BCUT2D eigenvalue weighted by Crippen LogP contribution is -2.18. The number of carbonyl (C=O) groups is 2. The van der Waals surface area contributed by atoms with Gasteiger partial charge in [-0.05, 0) is 57.1 Å². The number of ether oxygens (including phenoxy) is 1. The molecule has 3 aromatic heterocycles. The molecule has 4 rings (SSSR count). The number of nitrogens with zero attached hydrogens (tertiary/aromatic N) is 3. The number of thiophene rings is 2. The van der Waals surface area contributed by atoms with Gasteiger partial charge in [-0.15, -0.1) is 32.9 Å². The first-order chi connectivity index (χ1) is 16.4. The van der Waals surface area contributed by atoms with Crippen LogP contribution in [0.3, 0.4) is 0 Å². The summed E-state index contributed by atoms with van der Waals surface area (Å²) in [6, 6.07) is 2.15. The van der Waals surface area contributed by atoms with Gasteiger partial charge in [-0.2, -0.15) is 0 Å². The number of hydrogen-bond acceptors (Lipinski definition) is 8. The standard InChI is InChI=1S/C24H30N4O3S3/c1-5-16-11-15(12-32-16)21-26-27-24(28(21)6-2)33-13-19(29)25-22-20(23(30)31-7-3)17-9-8-14(4)10-18(17)34-22/h11-12,14H,5-10,13H2,1-4H3,(H,25,29). The molecule has 1 aliphatic rings. The van der Waals surface area contributed by atoms with Crippen molar-refractivity contribution < 1.29 is 14.3 Å². The number of amides is 1. The second-order valence-electron chi connectivity index (χ2n) is 8.32. The Hall–Kier alpha value is -2.17. The van der Waals surface area contributed by atoms with Gasteiger partial charge in [0.2, 0.25) is 5.91 Å². The number of esters is 1. The third kappa shape index (κ3) is 5.23. The SMILES string of the molecule is CCOC(=O)c1c(NC(=O)CSc2nnc(-c3csc(CC)c3)n2CC)sc2c1CCC(C)C2. The van der Waals surface area contributed by atoms with Crippen molar-refractivity contribution in [3.63, 3.8) is 0 Å². The second kappa shape index (κ2) is 11.0. The number of fused-ring (bicyclic) bond motifs is 1. The number of aryl methyl sites for hydroxylation is 1. The quantitative estimate of drug-likeness (QED) is 0.290. The number of hydrogen-bond donors (Lipinski definition) is 1. The molecule has 182 valence electrons. The summed E-state index contributed by atoms with van der Waals surface area (Å²) in [5.74, 6) is 1.06. The van der Waals surface area contributed by atoms with E-state index in [1.54, 1.807) is 18.3 Å². The Morgan fingerprint density at radius 2 is 2.12 bits per heavy atom. The average molecular weight is 519 g/mol. The van der Waals surface area contributed by atoms with Gasteiger partial charge in [0, 0.05) is 27.2 Å². The predicted octanol–water partition coefficient (Wildman–Crippen LogP) is 5.68. The van der Waals surface area contributed by atoms with Crippen LogP contribution in [0.1, 0.15) is 59.8 Å². The van der Waals surface area contributed by atoms with E-state index < -0.39 is 0 Å². The zero-order chi connectivity index (χ0) is 24.2. The summed E-state index contributed by atoms with van der Waals surface area (Å²) >= 11 is 4.59. The van der Waals surface area contributed by atoms with Gasteiger partial charge < -0.3 is 14.6 Å². The first-order valence-corrected chi connectivity index (χ1v) is 14.4. The Morgan fingerprint density at radius 3 is 2.82 bits per heavy atom. The molecule has 0 saturated heterocycles. The van der Waals surface area contributed by atoms with E-state index >= 15 is 0 Å². The maximum absolute atomic E-state index is 12.9. The molecule has 0 aromatic carbocycles. The molecule has 7 nitrogen and oxygen atoms in total. The van der Waals surface area contributed by atoms with Crippen molar-refractivity contribution in [1.82, 2.24) is 14.8 Å². The van der Waals surface area contributed by atoms with Crippen LogP contribution in [0.5, 0.6) is 0 Å². The normalized spacial score (nSPS) is 15.2. The Morgan fingerprint density at radius 1 is 1.29 bits per heavy atom. The van der Waals surface area contributed by atoms with E-state index in [1.165, 1.54) is 32.9 Å². The van der Waals surface area contributed by atoms with Crippen LogP contribution in [0.15, 0.2) is 16.6 Å². The molecule has 0 aliphatic heterocycles. The Bertz CT molecular complexity index is 1180. The van der Waals surface area contributed by atoms with Gasteiger partial charge in [-0.3, -0.25) is 4.79 Å². The number of aromatic nitrogens is 3. The molecule has 0 fully saturated rings. The van der Waals surface area contributed by atoms with E-state index in [0.717, 1.165) is 42.6 Å².